The molecule has 1 N–H and O–H groups in total. The number of nitriles is 1. The van der Waals surface area contributed by atoms with Crippen LogP contribution in [0, 0.1) is 30.1 Å². The Morgan fingerprint density at radius 2 is 1.81 bits per heavy atom. The van der Waals surface area contributed by atoms with E-state index in [2.05, 4.69) is 10.4 Å². The number of carbonyl (C=O) groups excluding carboxylic acids is 1. The quantitative estimate of drug-likeness (QED) is 0.360. The summed E-state index contributed by atoms with van der Waals surface area (Å²) in [6.45, 7) is 1.54. The van der Waals surface area contributed by atoms with Gasteiger partial charge in [-0.05, 0) is 61.8 Å². The van der Waals surface area contributed by atoms with Gasteiger partial charge in [-0.2, -0.15) is 23.5 Å². The highest BCUT2D eigenvalue weighted by Gasteiger charge is 2.34. The zero-order valence-corrected chi connectivity index (χ0v) is 23.1. The second-order valence-corrected chi connectivity index (χ2v) is 10.8. The van der Waals surface area contributed by atoms with E-state index in [1.165, 1.54) is 16.7 Å². The van der Waals surface area contributed by atoms with E-state index in [1.54, 1.807) is 55.3 Å². The van der Waals surface area contributed by atoms with Crippen molar-refractivity contribution in [3.63, 3.8) is 0 Å². The van der Waals surface area contributed by atoms with E-state index < -0.39 is 28.6 Å². The van der Waals surface area contributed by atoms with Gasteiger partial charge in [0, 0.05) is 25.7 Å². The van der Waals surface area contributed by atoms with Gasteiger partial charge in [0.1, 0.15) is 6.07 Å². The Bertz CT molecular complexity index is 1820. The zero-order valence-electron chi connectivity index (χ0n) is 23.1. The Balaban J connectivity index is 1.45. The van der Waals surface area contributed by atoms with Crippen molar-refractivity contribution >= 4 is 22.5 Å². The molecule has 1 fully saturated rings. The van der Waals surface area contributed by atoms with Crippen molar-refractivity contribution in [2.24, 2.45) is 18.9 Å². The van der Waals surface area contributed by atoms with Crippen LogP contribution in [0.25, 0.3) is 10.9 Å². The molecule has 0 bridgehead atoms. The minimum absolute atomic E-state index is 0.0302. The number of rotatable bonds is 6. The van der Waals surface area contributed by atoms with Crippen molar-refractivity contribution in [2.75, 3.05) is 5.32 Å². The van der Waals surface area contributed by atoms with Gasteiger partial charge < -0.3 is 5.32 Å². The summed E-state index contributed by atoms with van der Waals surface area (Å²) in [6.07, 6.45) is 0.953. The van der Waals surface area contributed by atoms with Crippen LogP contribution in [-0.4, -0.2) is 24.8 Å². The third-order valence-corrected chi connectivity index (χ3v) is 7.99. The molecule has 1 aliphatic carbocycles. The number of anilines is 1. The molecule has 5 rings (SSSR count). The first-order valence-electron chi connectivity index (χ1n) is 13.6. The monoisotopic (exact) mass is 578 g/mol. The molecule has 42 heavy (non-hydrogen) atoms. The third-order valence-electron chi connectivity index (χ3n) is 7.99. The van der Waals surface area contributed by atoms with Crippen molar-refractivity contribution in [3.8, 4) is 6.07 Å². The smallest absolute Gasteiger partial charge is 0.323 e. The van der Waals surface area contributed by atoms with Crippen LogP contribution in [0.15, 0.2) is 58.4 Å². The van der Waals surface area contributed by atoms with Gasteiger partial charge >= 0.3 is 11.9 Å². The van der Waals surface area contributed by atoms with Gasteiger partial charge in [-0.25, -0.2) is 4.79 Å². The summed E-state index contributed by atoms with van der Waals surface area (Å²) in [4.78, 5) is 40.2. The van der Waals surface area contributed by atoms with Crippen LogP contribution in [0.4, 0.5) is 18.9 Å². The first-order valence-corrected chi connectivity index (χ1v) is 13.6. The molecular weight excluding hydrogens is 549 g/mol. The SMILES string of the molecule is Cc1cccc2c1c(=O)n(CC1CCC(C(=O)Nc3cnn(C)c3)CC1)c(=O)n2Cc1cccc(C(F)(F)F)c1C#N. The number of benzene rings is 2. The van der Waals surface area contributed by atoms with Crippen molar-refractivity contribution in [1.29, 1.82) is 5.26 Å². The van der Waals surface area contributed by atoms with Gasteiger partial charge in [-0.1, -0.05) is 24.3 Å². The standard InChI is InChI=1S/C30H29F3N6O3/c1-18-5-3-8-25-26(18)28(41)39(15-19-9-11-20(12-10-19)27(40)36-22-14-35-37(2)17-22)29(42)38(25)16-21-6-4-7-24(23(21)13-34)30(31,32)33/h3-8,14,17,19-20H,9-12,15-16H2,1-2H3,(H,36,40). The summed E-state index contributed by atoms with van der Waals surface area (Å²) in [5.41, 5.74) is -1.20. The van der Waals surface area contributed by atoms with Crippen LogP contribution < -0.4 is 16.6 Å². The van der Waals surface area contributed by atoms with Crippen molar-refractivity contribution in [1.82, 2.24) is 18.9 Å². The van der Waals surface area contributed by atoms with E-state index in [-0.39, 0.29) is 36.4 Å². The van der Waals surface area contributed by atoms with Crippen LogP contribution in [0.3, 0.4) is 0 Å². The highest BCUT2D eigenvalue weighted by molar-refractivity contribution is 5.92. The molecule has 0 unspecified atom stereocenters. The fraction of sp³-hybridized carbons (Fsp3) is 0.367. The Hall–Kier alpha value is -4.66. The summed E-state index contributed by atoms with van der Waals surface area (Å²) >= 11 is 0. The molecule has 0 atom stereocenters. The van der Waals surface area contributed by atoms with E-state index in [0.717, 1.165) is 10.6 Å². The molecule has 1 saturated carbocycles. The van der Waals surface area contributed by atoms with Crippen molar-refractivity contribution in [3.05, 3.63) is 91.9 Å². The maximum Gasteiger partial charge on any atom is 0.417 e. The van der Waals surface area contributed by atoms with E-state index in [4.69, 9.17) is 0 Å². The lowest BCUT2D eigenvalue weighted by atomic mass is 9.81. The molecular formula is C30H29F3N6O3. The molecule has 0 aliphatic heterocycles. The zero-order chi connectivity index (χ0) is 30.2. The van der Waals surface area contributed by atoms with Crippen molar-refractivity contribution in [2.45, 2.75) is 51.9 Å². The molecule has 2 aromatic carbocycles. The first-order chi connectivity index (χ1) is 20.0. The maximum atomic E-state index is 13.8. The number of alkyl halides is 3. The van der Waals surface area contributed by atoms with Crippen LogP contribution in [-0.2, 0) is 31.1 Å². The van der Waals surface area contributed by atoms with Gasteiger partial charge in [0.15, 0.2) is 0 Å². The number of amides is 1. The molecule has 218 valence electrons. The number of carbonyl (C=O) groups is 1. The predicted octanol–water partition coefficient (Wildman–Crippen LogP) is 4.59. The molecule has 2 heterocycles. The molecule has 2 aromatic heterocycles. The van der Waals surface area contributed by atoms with Crippen LogP contribution >= 0.6 is 0 Å². The second-order valence-electron chi connectivity index (χ2n) is 10.8. The number of halogens is 3. The second kappa shape index (κ2) is 11.3. The predicted molar refractivity (Wildman–Crippen MR) is 150 cm³/mol. The fourth-order valence-corrected chi connectivity index (χ4v) is 5.81. The Labute approximate surface area is 238 Å². The van der Waals surface area contributed by atoms with Crippen LogP contribution in [0.1, 0.15) is 47.9 Å². The molecule has 4 aromatic rings. The van der Waals surface area contributed by atoms with Crippen molar-refractivity contribution < 1.29 is 18.0 Å². The topological polar surface area (TPSA) is 115 Å². The number of fused-ring (bicyclic) bond motifs is 1. The summed E-state index contributed by atoms with van der Waals surface area (Å²) < 4.78 is 44.8. The van der Waals surface area contributed by atoms with Gasteiger partial charge in [-0.15, -0.1) is 0 Å². The molecule has 12 heteroatoms. The molecule has 9 nitrogen and oxygen atoms in total. The van der Waals surface area contributed by atoms with Gasteiger partial charge in [-0.3, -0.25) is 23.4 Å². The van der Waals surface area contributed by atoms with E-state index >= 15 is 0 Å². The summed E-state index contributed by atoms with van der Waals surface area (Å²) in [5, 5.41) is 16.8. The average Bonchev–Trinajstić information content (AvgIpc) is 3.36. The van der Waals surface area contributed by atoms with Gasteiger partial charge in [0.2, 0.25) is 5.91 Å². The summed E-state index contributed by atoms with van der Waals surface area (Å²) in [5.74, 6) is -0.355. The number of aromatic nitrogens is 4. The lowest BCUT2D eigenvalue weighted by Crippen LogP contribution is -2.42. The Morgan fingerprint density at radius 3 is 2.45 bits per heavy atom. The molecule has 0 radical (unpaired) electrons. The highest BCUT2D eigenvalue weighted by Crippen LogP contribution is 2.34. The molecule has 1 amide bonds. The Kier molecular flexibility index (Phi) is 7.77. The van der Waals surface area contributed by atoms with Gasteiger partial charge in [0.25, 0.3) is 5.56 Å². The largest absolute Gasteiger partial charge is 0.417 e. The lowest BCUT2D eigenvalue weighted by molar-refractivity contribution is -0.137. The van der Waals surface area contributed by atoms with Crippen LogP contribution in [0.5, 0.6) is 0 Å². The first kappa shape index (κ1) is 28.9. The number of aryl methyl sites for hydroxylation is 2. The average molecular weight is 579 g/mol. The van der Waals surface area contributed by atoms with E-state index in [1.807, 2.05) is 0 Å². The number of nitrogens with zero attached hydrogens (tertiary/aromatic N) is 5. The fourth-order valence-electron chi connectivity index (χ4n) is 5.81. The third kappa shape index (κ3) is 5.59. The lowest BCUT2D eigenvalue weighted by Gasteiger charge is -2.28. The molecule has 0 spiro atoms. The van der Waals surface area contributed by atoms with E-state index in [9.17, 15) is 32.8 Å². The Morgan fingerprint density at radius 1 is 1.10 bits per heavy atom. The normalized spacial score (nSPS) is 17.2. The molecule has 0 saturated heterocycles. The van der Waals surface area contributed by atoms with E-state index in [0.29, 0.717) is 47.8 Å². The summed E-state index contributed by atoms with van der Waals surface area (Å²) in [6, 6.07) is 10.1. The van der Waals surface area contributed by atoms with Gasteiger partial charge in [0.05, 0.1) is 40.5 Å². The number of hydrogen-bond donors (Lipinski definition) is 1. The number of nitrogens with one attached hydrogen (secondary N) is 1. The minimum atomic E-state index is -4.74. The summed E-state index contributed by atoms with van der Waals surface area (Å²) in [7, 11) is 1.76. The minimum Gasteiger partial charge on any atom is -0.323 e. The molecule has 1 aliphatic rings. The highest BCUT2D eigenvalue weighted by atomic mass is 19.4. The maximum absolute atomic E-state index is 13.8. The number of hydrogen-bond acceptors (Lipinski definition) is 5. The van der Waals surface area contributed by atoms with Crippen LogP contribution in [0.2, 0.25) is 0 Å².